The third-order valence-electron chi connectivity index (χ3n) is 6.89. The third-order valence-corrected chi connectivity index (χ3v) is 8.81. The lowest BCUT2D eigenvalue weighted by molar-refractivity contribution is 0.102. The summed E-state index contributed by atoms with van der Waals surface area (Å²) < 4.78 is 35.7. The molecule has 1 fully saturated rings. The van der Waals surface area contributed by atoms with Gasteiger partial charge in [-0.25, -0.2) is 17.9 Å². The van der Waals surface area contributed by atoms with E-state index in [2.05, 4.69) is 10.4 Å². The Morgan fingerprint density at radius 2 is 1.82 bits per heavy atom. The van der Waals surface area contributed by atoms with Crippen LogP contribution in [0, 0.1) is 13.8 Å². The van der Waals surface area contributed by atoms with Gasteiger partial charge in [0.05, 0.1) is 12.7 Å². The number of sulfonamides is 1. The Morgan fingerprint density at radius 3 is 2.53 bits per heavy atom. The van der Waals surface area contributed by atoms with Crippen molar-refractivity contribution < 1.29 is 17.9 Å². The monoisotopic (exact) mass is 533 g/mol. The first-order chi connectivity index (χ1) is 18.2. The molecule has 1 aliphatic rings. The van der Waals surface area contributed by atoms with Crippen molar-refractivity contribution in [2.24, 2.45) is 0 Å². The highest BCUT2D eigenvalue weighted by atomic mass is 32.2. The minimum Gasteiger partial charge on any atom is -0.495 e. The Bertz CT molecular complexity index is 1640. The molecule has 0 spiro atoms. The molecule has 9 nitrogen and oxygen atoms in total. The molecule has 0 bridgehead atoms. The zero-order valence-corrected chi connectivity index (χ0v) is 22.8. The molecule has 1 saturated heterocycles. The lowest BCUT2D eigenvalue weighted by Gasteiger charge is -2.18. The standard InChI is InChI=1S/C28H31N5O4S/c1-5-20-10-6-7-11-22(20)30-28(34)26-25(27-29-18(2)16-19(3)33(27)31-26)21-12-13-23(37-4)24(17-21)38(35,36)32-14-8-9-15-32/h6-7,10-13,16-17H,5,8-9,14-15H2,1-4H3,(H,30,34). The van der Waals surface area contributed by atoms with E-state index >= 15 is 0 Å². The van der Waals surface area contributed by atoms with Crippen LogP contribution in [0.15, 0.2) is 53.4 Å². The average molecular weight is 534 g/mol. The number of rotatable bonds is 7. The highest BCUT2D eigenvalue weighted by Crippen LogP contribution is 2.36. The molecule has 3 heterocycles. The minimum absolute atomic E-state index is 0.0609. The third kappa shape index (κ3) is 4.54. The summed E-state index contributed by atoms with van der Waals surface area (Å²) in [5, 5.41) is 7.65. The number of amides is 1. The number of anilines is 1. The second-order valence-electron chi connectivity index (χ2n) is 9.44. The van der Waals surface area contributed by atoms with Crippen molar-refractivity contribution >= 4 is 27.3 Å². The topological polar surface area (TPSA) is 106 Å². The van der Waals surface area contributed by atoms with Gasteiger partial charge in [0, 0.05) is 30.2 Å². The van der Waals surface area contributed by atoms with Gasteiger partial charge in [-0.2, -0.15) is 9.40 Å². The zero-order chi connectivity index (χ0) is 27.0. The van der Waals surface area contributed by atoms with Gasteiger partial charge in [0.15, 0.2) is 11.3 Å². The number of fused-ring (bicyclic) bond motifs is 1. The first-order valence-electron chi connectivity index (χ1n) is 12.7. The zero-order valence-electron chi connectivity index (χ0n) is 22.0. The second kappa shape index (κ2) is 10.2. The molecule has 0 atom stereocenters. The van der Waals surface area contributed by atoms with Gasteiger partial charge < -0.3 is 10.1 Å². The molecule has 2 aromatic heterocycles. The fourth-order valence-electron chi connectivity index (χ4n) is 4.98. The van der Waals surface area contributed by atoms with Crippen LogP contribution in [0.5, 0.6) is 5.75 Å². The molecular formula is C28H31N5O4S. The summed E-state index contributed by atoms with van der Waals surface area (Å²) >= 11 is 0. The van der Waals surface area contributed by atoms with Crippen LogP contribution < -0.4 is 10.1 Å². The Hall–Kier alpha value is -3.76. The number of aromatic nitrogens is 3. The Labute approximate surface area is 222 Å². The van der Waals surface area contributed by atoms with Gasteiger partial charge in [0.25, 0.3) is 5.91 Å². The molecule has 38 heavy (non-hydrogen) atoms. The second-order valence-corrected chi connectivity index (χ2v) is 11.3. The number of hydrogen-bond acceptors (Lipinski definition) is 6. The summed E-state index contributed by atoms with van der Waals surface area (Å²) in [5.74, 6) is -0.149. The van der Waals surface area contributed by atoms with E-state index in [1.54, 1.807) is 22.7 Å². The van der Waals surface area contributed by atoms with Gasteiger partial charge in [0.1, 0.15) is 10.6 Å². The minimum atomic E-state index is -3.80. The van der Waals surface area contributed by atoms with Crippen molar-refractivity contribution in [2.75, 3.05) is 25.5 Å². The first-order valence-corrected chi connectivity index (χ1v) is 14.1. The fourth-order valence-corrected chi connectivity index (χ4v) is 6.68. The number of hydrogen-bond donors (Lipinski definition) is 1. The number of aryl methyl sites for hydroxylation is 3. The molecule has 2 aromatic carbocycles. The molecule has 10 heteroatoms. The van der Waals surface area contributed by atoms with Crippen molar-refractivity contribution in [3.63, 3.8) is 0 Å². The molecule has 0 unspecified atom stereocenters. The molecule has 1 amide bonds. The van der Waals surface area contributed by atoms with Crippen LogP contribution in [0.2, 0.25) is 0 Å². The van der Waals surface area contributed by atoms with Crippen molar-refractivity contribution in [1.82, 2.24) is 18.9 Å². The molecule has 0 radical (unpaired) electrons. The van der Waals surface area contributed by atoms with Crippen molar-refractivity contribution in [3.05, 3.63) is 71.2 Å². The normalized spacial score (nSPS) is 14.2. The summed E-state index contributed by atoms with van der Waals surface area (Å²) in [6, 6.07) is 14.4. The molecule has 4 aromatic rings. The maximum absolute atomic E-state index is 13.7. The van der Waals surface area contributed by atoms with Gasteiger partial charge in [-0.1, -0.05) is 31.2 Å². The summed E-state index contributed by atoms with van der Waals surface area (Å²) in [6.07, 6.45) is 2.40. The van der Waals surface area contributed by atoms with Crippen LogP contribution in [0.1, 0.15) is 47.2 Å². The highest BCUT2D eigenvalue weighted by molar-refractivity contribution is 7.89. The van der Waals surface area contributed by atoms with Crippen molar-refractivity contribution in [2.45, 2.75) is 44.9 Å². The Morgan fingerprint density at radius 1 is 1.08 bits per heavy atom. The molecule has 198 valence electrons. The number of nitrogens with zero attached hydrogens (tertiary/aromatic N) is 4. The predicted molar refractivity (Wildman–Crippen MR) is 146 cm³/mol. The van der Waals surface area contributed by atoms with E-state index in [0.717, 1.165) is 36.2 Å². The number of carbonyl (C=O) groups is 1. The molecule has 5 rings (SSSR count). The van der Waals surface area contributed by atoms with Crippen molar-refractivity contribution in [1.29, 1.82) is 0 Å². The van der Waals surface area contributed by atoms with E-state index in [-0.39, 0.29) is 16.3 Å². The van der Waals surface area contributed by atoms with E-state index < -0.39 is 15.9 Å². The van der Waals surface area contributed by atoms with Gasteiger partial charge in [-0.3, -0.25) is 4.79 Å². The smallest absolute Gasteiger partial charge is 0.276 e. The van der Waals surface area contributed by atoms with E-state index in [9.17, 15) is 13.2 Å². The largest absolute Gasteiger partial charge is 0.495 e. The summed E-state index contributed by atoms with van der Waals surface area (Å²) in [4.78, 5) is 18.4. The lowest BCUT2D eigenvalue weighted by Crippen LogP contribution is -2.28. The van der Waals surface area contributed by atoms with Gasteiger partial charge >= 0.3 is 0 Å². The number of benzene rings is 2. The quantitative estimate of drug-likeness (QED) is 0.372. The summed E-state index contributed by atoms with van der Waals surface area (Å²) in [6.45, 7) is 6.73. The van der Waals surface area contributed by atoms with Gasteiger partial charge in [-0.05, 0) is 68.5 Å². The lowest BCUT2D eigenvalue weighted by atomic mass is 10.0. The molecule has 0 saturated carbocycles. The van der Waals surface area contributed by atoms with E-state index in [1.165, 1.54) is 11.4 Å². The van der Waals surface area contributed by atoms with Crippen molar-refractivity contribution in [3.8, 4) is 16.9 Å². The fraction of sp³-hybridized carbons (Fsp3) is 0.321. The molecule has 1 N–H and O–H groups in total. The van der Waals surface area contributed by atoms with Crippen LogP contribution >= 0.6 is 0 Å². The average Bonchev–Trinajstić information content (AvgIpc) is 3.58. The van der Waals surface area contributed by atoms with E-state index in [1.807, 2.05) is 51.1 Å². The van der Waals surface area contributed by atoms with Crippen LogP contribution in [0.3, 0.4) is 0 Å². The van der Waals surface area contributed by atoms with Crippen LogP contribution in [0.25, 0.3) is 16.8 Å². The maximum atomic E-state index is 13.7. The number of nitrogens with one attached hydrogen (secondary N) is 1. The Kier molecular flexibility index (Phi) is 6.93. The number of carbonyl (C=O) groups excluding carboxylic acids is 1. The summed E-state index contributed by atoms with van der Waals surface area (Å²) in [5.41, 5.74) is 4.89. The van der Waals surface area contributed by atoms with Gasteiger partial charge in [0.2, 0.25) is 10.0 Å². The SMILES string of the molecule is CCc1ccccc1NC(=O)c1nn2c(C)cc(C)nc2c1-c1ccc(OC)c(S(=O)(=O)N2CCCC2)c1. The number of para-hydroxylation sites is 1. The van der Waals surface area contributed by atoms with Gasteiger partial charge in [-0.15, -0.1) is 0 Å². The summed E-state index contributed by atoms with van der Waals surface area (Å²) in [7, 11) is -2.35. The maximum Gasteiger partial charge on any atom is 0.276 e. The highest BCUT2D eigenvalue weighted by Gasteiger charge is 2.32. The van der Waals surface area contributed by atoms with Crippen LogP contribution in [0.4, 0.5) is 5.69 Å². The predicted octanol–water partition coefficient (Wildman–Crippen LogP) is 4.62. The van der Waals surface area contributed by atoms with Crippen LogP contribution in [-0.2, 0) is 16.4 Å². The molecule has 1 aliphatic heterocycles. The number of ether oxygens (including phenoxy) is 1. The van der Waals surface area contributed by atoms with Crippen LogP contribution in [-0.4, -0.2) is 53.4 Å². The van der Waals surface area contributed by atoms with E-state index in [4.69, 9.17) is 9.72 Å². The molecular weight excluding hydrogens is 502 g/mol. The number of methoxy groups -OCH3 is 1. The molecule has 0 aliphatic carbocycles. The van der Waals surface area contributed by atoms with E-state index in [0.29, 0.717) is 35.6 Å². The first kappa shape index (κ1) is 25.9. The Balaban J connectivity index is 1.70.